The molecule has 4 aromatic rings. The van der Waals surface area contributed by atoms with Crippen molar-refractivity contribution < 1.29 is 81.2 Å². The number of halogens is 3. The number of likely N-dealkylation sites (tertiary alicyclic amines) is 1. The van der Waals surface area contributed by atoms with Crippen molar-refractivity contribution in [3.05, 3.63) is 84.1 Å². The van der Waals surface area contributed by atoms with Crippen LogP contribution in [-0.4, -0.2) is 193 Å². The number of nitrogens with one attached hydrogen (secondary N) is 11. The molecule has 2 saturated heterocycles. The average Bonchev–Trinajstić information content (AvgIpc) is 2.61. The number of carbonyl (C=O) groups is 11. The molecule has 0 saturated carbocycles. The summed E-state index contributed by atoms with van der Waals surface area (Å²) in [6, 6.07) is 1.58. The number of likely N-dealkylation sites (N-methyl/N-ethyl adjacent to an activating group) is 1. The lowest BCUT2D eigenvalue weighted by molar-refractivity contribution is -0.192. The number of guanidine groups is 1. The van der Waals surface area contributed by atoms with Gasteiger partial charge in [-0.15, -0.1) is 0 Å². The molecule has 0 spiro atoms. The van der Waals surface area contributed by atoms with Crippen LogP contribution < -0.4 is 59.3 Å². The van der Waals surface area contributed by atoms with Gasteiger partial charge in [-0.25, -0.2) is 9.78 Å². The van der Waals surface area contributed by atoms with Crippen molar-refractivity contribution in [2.75, 3.05) is 26.2 Å². The fourth-order valence-corrected chi connectivity index (χ4v) is 10.5. The number of carboxylic acid groups (broad SMARTS) is 1. The Hall–Kier alpha value is -9.82. The third-order valence-electron chi connectivity index (χ3n) is 15.2. The molecule has 2 aromatic carbocycles. The topological polar surface area (TPSA) is 469 Å². The highest BCUT2D eigenvalue weighted by Gasteiger charge is 2.41. The maximum absolute atomic E-state index is 14.7. The molecule has 0 unspecified atom stereocenters. The summed E-state index contributed by atoms with van der Waals surface area (Å²) in [5.41, 5.74) is 13.3. The number of para-hydroxylation sites is 1. The number of amides is 10. The van der Waals surface area contributed by atoms with E-state index in [0.29, 0.717) is 41.6 Å². The summed E-state index contributed by atoms with van der Waals surface area (Å²) in [7, 11) is 0. The first-order chi connectivity index (χ1) is 44.5. The SMILES string of the molecule is CCNC(=O)[C@@H]1CCCN1C(=O)[C@H](CCCN=C(N)N)NC(=O)[C@H](CC(C)C)NC(=O)[C@@H](CC(C)C)NC(=O)[C@H](Cc1ccc(O)cc1)NC(=O)[C@H](CO)NC(=O)[C@H](Cc1c[nH]c2ccccc12)NC(=O)[C@H](Cc1cnc[nH]1)NC(=O)[C@H]1CCC(=O)N1.O=C(O)C(F)(F)F. The standard InChI is InChI=1S/C59H84N16O12.C2HF3O2/c1-6-63-57(86)48-14-10-22-75(48)58(87)41(13-9-21-64-59(60)61)68-51(80)42(23-32(2)3)69-52(81)43(24-33(4)5)70-53(82)44(25-34-15-17-37(77)18-16-34)71-56(85)47(30-76)74-54(83)45(26-35-28-65-39-12-8-7-11-38(35)39)72-55(84)46(27-36-29-62-31-66-36)73-50(79)40-19-20-49(78)67-40;3-2(4,5)1(6)7/h7-8,11-12,15-18,28-29,31-33,40-48,65,76-77H,6,9-10,13-14,19-27,30H2,1-5H3,(H,62,66)(H,63,86)(H,67,78)(H,68,80)(H,69,81)(H,70,82)(H,71,85)(H,72,84)(H,73,79)(H,74,83)(H4,60,61,64);(H,6,7)/t40-,41+,42+,43-,44+,45+,46+,47+,48+;/m1./s1. The number of phenols is 1. The summed E-state index contributed by atoms with van der Waals surface area (Å²) >= 11 is 0. The van der Waals surface area contributed by atoms with E-state index in [2.05, 4.69) is 67.8 Å². The summed E-state index contributed by atoms with van der Waals surface area (Å²) in [4.78, 5) is 164. The van der Waals surface area contributed by atoms with E-state index in [-0.39, 0.29) is 106 Å². The molecular formula is C61H85F3N16O14. The van der Waals surface area contributed by atoms with Crippen LogP contribution in [-0.2, 0) is 72.0 Å². The van der Waals surface area contributed by atoms with E-state index in [1.807, 2.05) is 19.9 Å². The van der Waals surface area contributed by atoms with Crippen molar-refractivity contribution in [3.63, 3.8) is 0 Å². The van der Waals surface area contributed by atoms with Crippen LogP contribution in [0.15, 0.2) is 72.2 Å². The first kappa shape index (κ1) is 74.9. The second-order valence-electron chi connectivity index (χ2n) is 23.6. The van der Waals surface area contributed by atoms with Crippen molar-refractivity contribution in [1.29, 1.82) is 0 Å². The van der Waals surface area contributed by atoms with E-state index in [1.165, 1.54) is 41.7 Å². The lowest BCUT2D eigenvalue weighted by Crippen LogP contribution is -2.61. The second kappa shape index (κ2) is 35.8. The number of carboxylic acids is 1. The Kier molecular flexibility index (Phi) is 28.6. The monoisotopic (exact) mass is 1320 g/mol. The average molecular weight is 1320 g/mol. The summed E-state index contributed by atoms with van der Waals surface area (Å²) in [6.45, 7) is 8.82. The zero-order valence-corrected chi connectivity index (χ0v) is 52.8. The summed E-state index contributed by atoms with van der Waals surface area (Å²) in [5.74, 6) is -10.3. The first-order valence-electron chi connectivity index (χ1n) is 30.7. The smallest absolute Gasteiger partial charge is 0.490 e. The molecule has 2 aromatic heterocycles. The van der Waals surface area contributed by atoms with E-state index < -0.39 is 120 Å². The summed E-state index contributed by atoms with van der Waals surface area (Å²) in [6.07, 6.45) is 0.721. The van der Waals surface area contributed by atoms with E-state index in [4.69, 9.17) is 21.4 Å². The Labute approximate surface area is 539 Å². The molecule has 33 heteroatoms. The second-order valence-corrected chi connectivity index (χ2v) is 23.6. The van der Waals surface area contributed by atoms with Gasteiger partial charge in [-0.05, 0) is 93.0 Å². The minimum absolute atomic E-state index is 0.0397. The number of aliphatic carboxylic acids is 1. The van der Waals surface area contributed by atoms with Crippen molar-refractivity contribution in [2.45, 2.75) is 166 Å². The fourth-order valence-electron chi connectivity index (χ4n) is 10.5. The van der Waals surface area contributed by atoms with E-state index in [1.54, 1.807) is 45.2 Å². The molecule has 2 aliphatic rings. The van der Waals surface area contributed by atoms with Crippen molar-refractivity contribution in [3.8, 4) is 5.75 Å². The molecule has 94 heavy (non-hydrogen) atoms. The predicted molar refractivity (Wildman–Crippen MR) is 334 cm³/mol. The highest BCUT2D eigenvalue weighted by Crippen LogP contribution is 2.23. The third kappa shape index (κ3) is 23.4. The maximum atomic E-state index is 14.7. The number of aromatic hydroxyl groups is 1. The molecular weight excluding hydrogens is 1240 g/mol. The van der Waals surface area contributed by atoms with Gasteiger partial charge < -0.3 is 89.5 Å². The van der Waals surface area contributed by atoms with Gasteiger partial charge in [-0.1, -0.05) is 58.0 Å². The lowest BCUT2D eigenvalue weighted by Gasteiger charge is -2.31. The number of aliphatic imine (C=N–C) groups is 1. The number of alkyl halides is 3. The molecule has 0 radical (unpaired) electrons. The Balaban J connectivity index is 0.00000216. The number of hydrogen-bond donors (Lipinski definition) is 16. The molecule has 514 valence electrons. The predicted octanol–water partition coefficient (Wildman–Crippen LogP) is -0.805. The lowest BCUT2D eigenvalue weighted by atomic mass is 9.98. The van der Waals surface area contributed by atoms with Gasteiger partial charge in [0.2, 0.25) is 59.1 Å². The van der Waals surface area contributed by atoms with Crippen LogP contribution in [0, 0.1) is 11.8 Å². The number of hydrogen-bond acceptors (Lipinski definition) is 15. The summed E-state index contributed by atoms with van der Waals surface area (Å²) < 4.78 is 31.7. The van der Waals surface area contributed by atoms with Gasteiger partial charge in [0.15, 0.2) is 5.96 Å². The molecule has 30 nitrogen and oxygen atoms in total. The molecule has 6 rings (SSSR count). The van der Waals surface area contributed by atoms with Crippen LogP contribution >= 0.6 is 0 Å². The first-order valence-corrected chi connectivity index (χ1v) is 30.7. The van der Waals surface area contributed by atoms with E-state index in [0.717, 1.165) is 5.52 Å². The molecule has 18 N–H and O–H groups in total. The summed E-state index contributed by atoms with van der Waals surface area (Å²) in [5, 5.41) is 53.0. The van der Waals surface area contributed by atoms with Gasteiger partial charge in [-0.2, -0.15) is 13.2 Å². The molecule has 4 heterocycles. The highest BCUT2D eigenvalue weighted by atomic mass is 19.4. The molecule has 2 fully saturated rings. The number of carbonyl (C=O) groups excluding carboxylic acids is 10. The number of fused-ring (bicyclic) bond motifs is 1. The largest absolute Gasteiger partial charge is 0.508 e. The van der Waals surface area contributed by atoms with Crippen molar-refractivity contribution in [2.24, 2.45) is 28.3 Å². The number of phenolic OH excluding ortho intramolecular Hbond substituents is 1. The van der Waals surface area contributed by atoms with Gasteiger partial charge in [0.1, 0.15) is 60.1 Å². The fraction of sp³-hybridized carbons (Fsp3) is 0.525. The number of H-pyrrole nitrogens is 2. The minimum Gasteiger partial charge on any atom is -0.508 e. The minimum atomic E-state index is -5.08. The van der Waals surface area contributed by atoms with Gasteiger partial charge in [0, 0.05) is 74.3 Å². The van der Waals surface area contributed by atoms with Crippen LogP contribution in [0.4, 0.5) is 13.2 Å². The van der Waals surface area contributed by atoms with Gasteiger partial charge >= 0.3 is 12.1 Å². The Morgan fingerprint density at radius 1 is 0.713 bits per heavy atom. The number of nitrogens with two attached hydrogens (primary N) is 2. The maximum Gasteiger partial charge on any atom is 0.490 e. The molecule has 9 atom stereocenters. The number of rotatable bonds is 32. The molecule has 2 aliphatic heterocycles. The van der Waals surface area contributed by atoms with Crippen LogP contribution in [0.1, 0.15) is 103 Å². The zero-order valence-electron chi connectivity index (χ0n) is 52.8. The van der Waals surface area contributed by atoms with Gasteiger partial charge in [0.05, 0.1) is 12.9 Å². The normalized spacial score (nSPS) is 16.7. The quantitative estimate of drug-likeness (QED) is 0.0162. The van der Waals surface area contributed by atoms with E-state index >= 15 is 0 Å². The van der Waals surface area contributed by atoms with Gasteiger partial charge in [-0.3, -0.25) is 52.9 Å². The Morgan fingerprint density at radius 3 is 1.79 bits per heavy atom. The number of aromatic nitrogens is 3. The van der Waals surface area contributed by atoms with Crippen LogP contribution in [0.2, 0.25) is 0 Å². The van der Waals surface area contributed by atoms with Gasteiger partial charge in [0.25, 0.3) is 0 Å². The number of imidazole rings is 1. The molecule has 10 amide bonds. The van der Waals surface area contributed by atoms with Crippen LogP contribution in [0.25, 0.3) is 10.9 Å². The number of benzene rings is 2. The van der Waals surface area contributed by atoms with Crippen LogP contribution in [0.3, 0.4) is 0 Å². The third-order valence-corrected chi connectivity index (χ3v) is 15.2. The molecule has 0 bridgehead atoms. The number of aromatic amines is 2. The van der Waals surface area contributed by atoms with Crippen molar-refractivity contribution >= 4 is 81.9 Å². The number of aliphatic hydroxyl groups excluding tert-OH is 1. The van der Waals surface area contributed by atoms with E-state index in [9.17, 15) is 71.3 Å². The van der Waals surface area contributed by atoms with Crippen molar-refractivity contribution in [1.82, 2.24) is 67.7 Å². The number of nitrogens with zero attached hydrogens (tertiary/aromatic N) is 3. The van der Waals surface area contributed by atoms with Crippen LogP contribution in [0.5, 0.6) is 5.75 Å². The Morgan fingerprint density at radius 2 is 1.26 bits per heavy atom. The zero-order chi connectivity index (χ0) is 69.4. The Bertz CT molecular complexity index is 3290. The number of aliphatic hydroxyl groups is 1. The molecule has 0 aliphatic carbocycles. The highest BCUT2D eigenvalue weighted by molar-refractivity contribution is 5.99.